The highest BCUT2D eigenvalue weighted by Gasteiger charge is 2.55. The summed E-state index contributed by atoms with van der Waals surface area (Å²) in [6.07, 6.45) is -0.784. The number of hydrogen-bond acceptors (Lipinski definition) is 6. The van der Waals surface area contributed by atoms with Crippen molar-refractivity contribution in [2.45, 2.75) is 24.4 Å². The lowest BCUT2D eigenvalue weighted by Crippen LogP contribution is -2.46. The molecule has 2 fully saturated rings. The number of likely N-dealkylation sites (N-methyl/N-ethyl adjacent to an activating group) is 2. The van der Waals surface area contributed by atoms with Crippen LogP contribution < -0.4 is 0 Å². The number of amides is 3. The summed E-state index contributed by atoms with van der Waals surface area (Å²) in [4.78, 5) is 43.8. The first kappa shape index (κ1) is 23.3. The Hall–Kier alpha value is -2.36. The molecule has 3 amide bonds. The number of likely N-dealkylation sites (tertiary alicyclic amines) is 1. The van der Waals surface area contributed by atoms with Crippen LogP contribution in [0.5, 0.6) is 0 Å². The van der Waals surface area contributed by atoms with Crippen molar-refractivity contribution in [3.8, 4) is 0 Å². The van der Waals surface area contributed by atoms with Crippen LogP contribution in [0.15, 0.2) is 24.3 Å². The van der Waals surface area contributed by atoms with Gasteiger partial charge in [-0.15, -0.1) is 0 Å². The normalized spacial score (nSPS) is 24.2. The maximum atomic E-state index is 14.8. The molecule has 2 unspecified atom stereocenters. The number of carbonyl (C=O) groups excluding carboxylic acids is 3. The van der Waals surface area contributed by atoms with Crippen molar-refractivity contribution in [3.63, 3.8) is 0 Å². The van der Waals surface area contributed by atoms with Gasteiger partial charge in [0.1, 0.15) is 5.82 Å². The van der Waals surface area contributed by atoms with Crippen LogP contribution in [0.3, 0.4) is 0 Å². The molecule has 0 spiro atoms. The van der Waals surface area contributed by atoms with Crippen molar-refractivity contribution in [1.29, 1.82) is 0 Å². The molecule has 170 valence electrons. The molecule has 2 aliphatic heterocycles. The van der Waals surface area contributed by atoms with Gasteiger partial charge in [-0.3, -0.25) is 19.3 Å². The third-order valence-electron chi connectivity index (χ3n) is 5.81. The van der Waals surface area contributed by atoms with Crippen molar-refractivity contribution in [1.82, 2.24) is 14.7 Å². The standard InChI is InChI=1S/C22H30FN3O5/c1-24(2)8-9-26-20(28)13-22(21(26)29,17-6-4-5-7-18(17)23)12-19(27)25(3)14-16-15-30-10-11-31-16/h4-7,16H,8-15H2,1-3H3. The molecule has 1 aromatic carbocycles. The highest BCUT2D eigenvalue weighted by Crippen LogP contribution is 2.41. The van der Waals surface area contributed by atoms with Crippen molar-refractivity contribution in [2.75, 3.05) is 60.6 Å². The van der Waals surface area contributed by atoms with Crippen LogP contribution in [0.2, 0.25) is 0 Å². The minimum absolute atomic E-state index is 0.0831. The highest BCUT2D eigenvalue weighted by atomic mass is 19.1. The minimum Gasteiger partial charge on any atom is -0.376 e. The van der Waals surface area contributed by atoms with E-state index >= 15 is 0 Å². The van der Waals surface area contributed by atoms with Crippen LogP contribution >= 0.6 is 0 Å². The van der Waals surface area contributed by atoms with Crippen molar-refractivity contribution in [2.24, 2.45) is 0 Å². The van der Waals surface area contributed by atoms with E-state index in [1.807, 2.05) is 19.0 Å². The fraction of sp³-hybridized carbons (Fsp3) is 0.591. The Morgan fingerprint density at radius 3 is 2.61 bits per heavy atom. The third kappa shape index (κ3) is 5.11. The van der Waals surface area contributed by atoms with Gasteiger partial charge in [-0.25, -0.2) is 4.39 Å². The number of ether oxygens (including phenoxy) is 2. The fourth-order valence-electron chi connectivity index (χ4n) is 4.06. The molecule has 2 saturated heterocycles. The van der Waals surface area contributed by atoms with Gasteiger partial charge < -0.3 is 19.3 Å². The fourth-order valence-corrected chi connectivity index (χ4v) is 4.06. The second kappa shape index (κ2) is 9.84. The Morgan fingerprint density at radius 2 is 1.97 bits per heavy atom. The Bertz CT molecular complexity index is 827. The van der Waals surface area contributed by atoms with Gasteiger partial charge in [0.2, 0.25) is 17.7 Å². The van der Waals surface area contributed by atoms with Gasteiger partial charge in [0.25, 0.3) is 0 Å². The third-order valence-corrected chi connectivity index (χ3v) is 5.81. The number of halogens is 1. The lowest BCUT2D eigenvalue weighted by Gasteiger charge is -2.31. The van der Waals surface area contributed by atoms with Gasteiger partial charge in [0, 0.05) is 45.1 Å². The molecule has 2 aliphatic rings. The molecule has 8 nitrogen and oxygen atoms in total. The SMILES string of the molecule is CN(C)CCN1C(=O)CC(CC(=O)N(C)CC2COCCO2)(c2ccccc2F)C1=O. The molecular formula is C22H30FN3O5. The molecule has 9 heteroatoms. The molecule has 0 radical (unpaired) electrons. The van der Waals surface area contributed by atoms with Crippen LogP contribution in [0.4, 0.5) is 4.39 Å². The quantitative estimate of drug-likeness (QED) is 0.558. The van der Waals surface area contributed by atoms with E-state index in [2.05, 4.69) is 0 Å². The van der Waals surface area contributed by atoms with Crippen molar-refractivity contribution in [3.05, 3.63) is 35.6 Å². The molecule has 1 aromatic rings. The van der Waals surface area contributed by atoms with Gasteiger partial charge in [-0.05, 0) is 20.2 Å². The molecule has 2 atom stereocenters. The van der Waals surface area contributed by atoms with Gasteiger partial charge in [-0.1, -0.05) is 18.2 Å². The summed E-state index contributed by atoms with van der Waals surface area (Å²) in [5.74, 6) is -1.87. The van der Waals surface area contributed by atoms with Gasteiger partial charge in [0.05, 0.1) is 31.3 Å². The van der Waals surface area contributed by atoms with E-state index in [-0.39, 0.29) is 37.0 Å². The predicted molar refractivity (Wildman–Crippen MR) is 111 cm³/mol. The Morgan fingerprint density at radius 1 is 1.23 bits per heavy atom. The molecule has 0 bridgehead atoms. The zero-order valence-electron chi connectivity index (χ0n) is 18.3. The lowest BCUT2D eigenvalue weighted by molar-refractivity contribution is -0.144. The average Bonchev–Trinajstić information content (AvgIpc) is 2.97. The summed E-state index contributed by atoms with van der Waals surface area (Å²) >= 11 is 0. The number of benzene rings is 1. The number of hydrogen-bond donors (Lipinski definition) is 0. The van der Waals surface area contributed by atoms with E-state index in [1.54, 1.807) is 13.1 Å². The number of carbonyl (C=O) groups is 3. The van der Waals surface area contributed by atoms with E-state index in [0.717, 1.165) is 4.90 Å². The van der Waals surface area contributed by atoms with Gasteiger partial charge >= 0.3 is 0 Å². The molecule has 3 rings (SSSR count). The largest absolute Gasteiger partial charge is 0.376 e. The zero-order chi connectivity index (χ0) is 22.6. The summed E-state index contributed by atoms with van der Waals surface area (Å²) in [5, 5.41) is 0. The topological polar surface area (TPSA) is 79.4 Å². The predicted octanol–water partition coefficient (Wildman–Crippen LogP) is 0.648. The number of rotatable bonds is 8. The minimum atomic E-state index is -1.55. The maximum absolute atomic E-state index is 14.8. The molecule has 0 N–H and O–H groups in total. The van der Waals surface area contributed by atoms with E-state index in [9.17, 15) is 18.8 Å². The molecule has 0 aromatic heterocycles. The van der Waals surface area contributed by atoms with Crippen LogP contribution in [-0.4, -0.2) is 99.1 Å². The summed E-state index contributed by atoms with van der Waals surface area (Å²) in [5.41, 5.74) is -1.47. The summed E-state index contributed by atoms with van der Waals surface area (Å²) in [7, 11) is 5.29. The Kier molecular flexibility index (Phi) is 7.40. The van der Waals surface area contributed by atoms with E-state index in [1.165, 1.54) is 23.1 Å². The monoisotopic (exact) mass is 435 g/mol. The second-order valence-corrected chi connectivity index (χ2v) is 8.41. The van der Waals surface area contributed by atoms with Crippen LogP contribution in [0.25, 0.3) is 0 Å². The summed E-state index contributed by atoms with van der Waals surface area (Å²) < 4.78 is 25.8. The smallest absolute Gasteiger partial charge is 0.241 e. The first-order chi connectivity index (χ1) is 14.7. The zero-order valence-corrected chi connectivity index (χ0v) is 18.3. The van der Waals surface area contributed by atoms with Crippen molar-refractivity contribution < 1.29 is 28.2 Å². The van der Waals surface area contributed by atoms with Crippen LogP contribution in [0.1, 0.15) is 18.4 Å². The molecule has 31 heavy (non-hydrogen) atoms. The Labute approximate surface area is 181 Å². The molecule has 2 heterocycles. The second-order valence-electron chi connectivity index (χ2n) is 8.41. The van der Waals surface area contributed by atoms with Crippen LogP contribution in [-0.2, 0) is 29.3 Å². The average molecular weight is 435 g/mol. The number of imide groups is 1. The van der Waals surface area contributed by atoms with Crippen LogP contribution in [0, 0.1) is 5.82 Å². The molecule has 0 aliphatic carbocycles. The first-order valence-electron chi connectivity index (χ1n) is 10.4. The highest BCUT2D eigenvalue weighted by molar-refractivity contribution is 6.10. The van der Waals surface area contributed by atoms with Gasteiger partial charge in [-0.2, -0.15) is 0 Å². The molecular weight excluding hydrogens is 405 g/mol. The number of nitrogens with zero attached hydrogens (tertiary/aromatic N) is 3. The van der Waals surface area contributed by atoms with E-state index < -0.39 is 23.0 Å². The van der Waals surface area contributed by atoms with Gasteiger partial charge in [0.15, 0.2) is 0 Å². The van der Waals surface area contributed by atoms with E-state index in [0.29, 0.717) is 32.9 Å². The maximum Gasteiger partial charge on any atom is 0.241 e. The van der Waals surface area contributed by atoms with Crippen molar-refractivity contribution >= 4 is 17.7 Å². The first-order valence-corrected chi connectivity index (χ1v) is 10.4. The van der Waals surface area contributed by atoms with E-state index in [4.69, 9.17) is 9.47 Å². The summed E-state index contributed by atoms with van der Waals surface area (Å²) in [6, 6.07) is 5.87. The Balaban J connectivity index is 1.85. The summed E-state index contributed by atoms with van der Waals surface area (Å²) in [6.45, 7) is 2.32. The lowest BCUT2D eigenvalue weighted by atomic mass is 9.75. The molecule has 0 saturated carbocycles.